The van der Waals surface area contributed by atoms with Gasteiger partial charge in [-0.1, -0.05) is 6.92 Å². The number of imidazole rings is 1. The van der Waals surface area contributed by atoms with E-state index in [0.717, 1.165) is 18.6 Å². The highest BCUT2D eigenvalue weighted by molar-refractivity contribution is 5.56. The van der Waals surface area contributed by atoms with Crippen LogP contribution >= 0.6 is 0 Å². The van der Waals surface area contributed by atoms with Gasteiger partial charge in [0.2, 0.25) is 0 Å². The summed E-state index contributed by atoms with van der Waals surface area (Å²) < 4.78 is 40.5. The van der Waals surface area contributed by atoms with Crippen molar-refractivity contribution in [2.75, 3.05) is 12.4 Å². The number of nitrogens with zero attached hydrogens (tertiary/aromatic N) is 3. The van der Waals surface area contributed by atoms with Crippen molar-refractivity contribution >= 4 is 5.82 Å². The standard InChI is InChI=1S/C13H15F3N4/c1-3-5-20-6-4-18-12(20)10-7-9(13(14,15)16)8-11(17-2)19-10/h4,6-8H,3,5H2,1-2H3,(H,17,19). The number of pyridine rings is 1. The summed E-state index contributed by atoms with van der Waals surface area (Å²) in [6.45, 7) is 2.67. The number of nitrogens with one attached hydrogen (secondary N) is 1. The summed E-state index contributed by atoms with van der Waals surface area (Å²) in [6.07, 6.45) is -0.252. The van der Waals surface area contributed by atoms with Crippen molar-refractivity contribution in [3.05, 3.63) is 30.1 Å². The Morgan fingerprint density at radius 2 is 2.05 bits per heavy atom. The molecule has 4 nitrogen and oxygen atoms in total. The Kier molecular flexibility index (Phi) is 3.96. The average Bonchev–Trinajstić information content (AvgIpc) is 2.86. The van der Waals surface area contributed by atoms with Crippen LogP contribution in [0.4, 0.5) is 19.0 Å². The van der Waals surface area contributed by atoms with Gasteiger partial charge in [-0.15, -0.1) is 0 Å². The fourth-order valence-electron chi connectivity index (χ4n) is 1.90. The predicted octanol–water partition coefficient (Wildman–Crippen LogP) is 3.42. The minimum Gasteiger partial charge on any atom is -0.373 e. The van der Waals surface area contributed by atoms with E-state index in [4.69, 9.17) is 0 Å². The van der Waals surface area contributed by atoms with Crippen molar-refractivity contribution in [1.82, 2.24) is 14.5 Å². The number of halogens is 3. The highest BCUT2D eigenvalue weighted by Crippen LogP contribution is 2.32. The van der Waals surface area contributed by atoms with Crippen LogP contribution < -0.4 is 5.32 Å². The van der Waals surface area contributed by atoms with E-state index in [9.17, 15) is 13.2 Å². The fourth-order valence-corrected chi connectivity index (χ4v) is 1.90. The maximum atomic E-state index is 12.9. The SMILES string of the molecule is CCCn1ccnc1-c1cc(C(F)(F)F)cc(NC)n1. The molecule has 0 aliphatic heterocycles. The molecular weight excluding hydrogens is 269 g/mol. The van der Waals surface area contributed by atoms with Gasteiger partial charge in [0, 0.05) is 26.0 Å². The minimum absolute atomic E-state index is 0.167. The topological polar surface area (TPSA) is 42.7 Å². The van der Waals surface area contributed by atoms with Crippen LogP contribution in [0.3, 0.4) is 0 Å². The molecule has 0 aliphatic carbocycles. The monoisotopic (exact) mass is 284 g/mol. The van der Waals surface area contributed by atoms with Crippen molar-refractivity contribution in [2.24, 2.45) is 0 Å². The first-order chi connectivity index (χ1) is 9.45. The number of rotatable bonds is 4. The van der Waals surface area contributed by atoms with Gasteiger partial charge in [0.25, 0.3) is 0 Å². The number of anilines is 1. The lowest BCUT2D eigenvalue weighted by atomic mass is 10.2. The van der Waals surface area contributed by atoms with E-state index in [0.29, 0.717) is 12.4 Å². The second-order valence-electron chi connectivity index (χ2n) is 4.32. The highest BCUT2D eigenvalue weighted by atomic mass is 19.4. The lowest BCUT2D eigenvalue weighted by Gasteiger charge is -2.12. The van der Waals surface area contributed by atoms with Crippen LogP contribution in [0.25, 0.3) is 11.5 Å². The molecule has 0 saturated carbocycles. The molecule has 1 N–H and O–H groups in total. The molecule has 0 fully saturated rings. The molecule has 2 heterocycles. The van der Waals surface area contributed by atoms with Crippen LogP contribution in [0.1, 0.15) is 18.9 Å². The van der Waals surface area contributed by atoms with Gasteiger partial charge >= 0.3 is 6.18 Å². The van der Waals surface area contributed by atoms with Gasteiger partial charge in [-0.2, -0.15) is 13.2 Å². The Morgan fingerprint density at radius 3 is 2.65 bits per heavy atom. The molecule has 0 aromatic carbocycles. The molecule has 2 rings (SSSR count). The summed E-state index contributed by atoms with van der Waals surface area (Å²) in [4.78, 5) is 8.27. The molecule has 0 bridgehead atoms. The zero-order chi connectivity index (χ0) is 14.8. The van der Waals surface area contributed by atoms with E-state index >= 15 is 0 Å². The Morgan fingerprint density at radius 1 is 1.30 bits per heavy atom. The predicted molar refractivity (Wildman–Crippen MR) is 70.3 cm³/mol. The van der Waals surface area contributed by atoms with Crippen molar-refractivity contribution in [3.63, 3.8) is 0 Å². The normalized spacial score (nSPS) is 11.7. The summed E-state index contributed by atoms with van der Waals surface area (Å²) in [5.74, 6) is 0.607. The summed E-state index contributed by atoms with van der Waals surface area (Å²) in [7, 11) is 1.53. The first-order valence-electron chi connectivity index (χ1n) is 6.24. The Balaban J connectivity index is 2.53. The number of hydrogen-bond acceptors (Lipinski definition) is 3. The van der Waals surface area contributed by atoms with Gasteiger partial charge < -0.3 is 9.88 Å². The first-order valence-corrected chi connectivity index (χ1v) is 6.24. The molecule has 0 amide bonds. The molecule has 0 unspecified atom stereocenters. The first kappa shape index (κ1) is 14.4. The molecular formula is C13H15F3N4. The van der Waals surface area contributed by atoms with Crippen molar-refractivity contribution < 1.29 is 13.2 Å². The number of hydrogen-bond donors (Lipinski definition) is 1. The lowest BCUT2D eigenvalue weighted by molar-refractivity contribution is -0.137. The lowest BCUT2D eigenvalue weighted by Crippen LogP contribution is -2.09. The molecule has 0 aliphatic rings. The highest BCUT2D eigenvalue weighted by Gasteiger charge is 2.32. The van der Waals surface area contributed by atoms with Crippen LogP contribution in [0.5, 0.6) is 0 Å². The second-order valence-corrected chi connectivity index (χ2v) is 4.32. The molecule has 7 heteroatoms. The van der Waals surface area contributed by atoms with Gasteiger partial charge in [-0.3, -0.25) is 0 Å². The maximum Gasteiger partial charge on any atom is 0.416 e. The van der Waals surface area contributed by atoms with Gasteiger partial charge in [-0.05, 0) is 18.6 Å². The minimum atomic E-state index is -4.41. The number of alkyl halides is 3. The Labute approximate surface area is 114 Å². The van der Waals surface area contributed by atoms with Crippen molar-refractivity contribution in [3.8, 4) is 11.5 Å². The third-order valence-electron chi connectivity index (χ3n) is 2.82. The van der Waals surface area contributed by atoms with Gasteiger partial charge in [-0.25, -0.2) is 9.97 Å². The van der Waals surface area contributed by atoms with Crippen LogP contribution in [0.2, 0.25) is 0 Å². The number of aryl methyl sites for hydroxylation is 1. The van der Waals surface area contributed by atoms with E-state index in [1.165, 1.54) is 7.05 Å². The molecule has 2 aromatic rings. The molecule has 0 saturated heterocycles. The zero-order valence-corrected chi connectivity index (χ0v) is 11.2. The third-order valence-corrected chi connectivity index (χ3v) is 2.82. The maximum absolute atomic E-state index is 12.9. The van der Waals surface area contributed by atoms with E-state index < -0.39 is 11.7 Å². The fraction of sp³-hybridized carbons (Fsp3) is 0.385. The van der Waals surface area contributed by atoms with E-state index in [-0.39, 0.29) is 11.5 Å². The largest absolute Gasteiger partial charge is 0.416 e. The molecule has 20 heavy (non-hydrogen) atoms. The van der Waals surface area contributed by atoms with Gasteiger partial charge in [0.05, 0.1) is 5.56 Å². The molecule has 0 spiro atoms. The molecule has 2 aromatic heterocycles. The molecule has 108 valence electrons. The summed E-state index contributed by atoms with van der Waals surface area (Å²) in [6, 6.07) is 2.01. The van der Waals surface area contributed by atoms with E-state index in [2.05, 4.69) is 15.3 Å². The smallest absolute Gasteiger partial charge is 0.373 e. The third kappa shape index (κ3) is 2.92. The van der Waals surface area contributed by atoms with Crippen LogP contribution in [-0.4, -0.2) is 21.6 Å². The summed E-state index contributed by atoms with van der Waals surface area (Å²) in [5, 5.41) is 2.65. The Bertz CT molecular complexity index is 590. The molecule has 0 radical (unpaired) electrons. The van der Waals surface area contributed by atoms with Gasteiger partial charge in [0.1, 0.15) is 11.5 Å². The zero-order valence-electron chi connectivity index (χ0n) is 11.2. The van der Waals surface area contributed by atoms with Crippen LogP contribution in [0.15, 0.2) is 24.5 Å². The Hall–Kier alpha value is -2.05. The second kappa shape index (κ2) is 5.52. The average molecular weight is 284 g/mol. The van der Waals surface area contributed by atoms with Crippen molar-refractivity contribution in [2.45, 2.75) is 26.1 Å². The molecule has 0 atom stereocenters. The van der Waals surface area contributed by atoms with Crippen LogP contribution in [-0.2, 0) is 12.7 Å². The summed E-state index contributed by atoms with van der Waals surface area (Å²) in [5.41, 5.74) is -0.527. The van der Waals surface area contributed by atoms with Crippen molar-refractivity contribution in [1.29, 1.82) is 0 Å². The van der Waals surface area contributed by atoms with Gasteiger partial charge in [0.15, 0.2) is 5.82 Å². The number of aromatic nitrogens is 3. The summed E-state index contributed by atoms with van der Waals surface area (Å²) >= 11 is 0. The quantitative estimate of drug-likeness (QED) is 0.935. The van der Waals surface area contributed by atoms with Crippen LogP contribution in [0, 0.1) is 0 Å². The van der Waals surface area contributed by atoms with E-state index in [1.807, 2.05) is 6.92 Å². The van der Waals surface area contributed by atoms with E-state index in [1.54, 1.807) is 17.0 Å².